The van der Waals surface area contributed by atoms with Crippen LogP contribution in [0.15, 0.2) is 193 Å². The third-order valence-corrected chi connectivity index (χ3v) is 17.6. The molecule has 0 spiro atoms. The number of unbranched alkanes of at least 4 members (excludes halogenated alkanes) is 1. The molecule has 0 atom stereocenters. The zero-order valence-corrected chi connectivity index (χ0v) is 55.5. The summed E-state index contributed by atoms with van der Waals surface area (Å²) >= 11 is 9.53. The summed E-state index contributed by atoms with van der Waals surface area (Å²) in [5, 5.41) is 36.0. The van der Waals surface area contributed by atoms with Crippen molar-refractivity contribution in [1.82, 2.24) is 14.7 Å². The normalized spacial score (nSPS) is 12.8. The van der Waals surface area contributed by atoms with Crippen LogP contribution in [-0.2, 0) is 29.1 Å². The second-order valence-electron chi connectivity index (χ2n) is 23.5. The van der Waals surface area contributed by atoms with Crippen LogP contribution in [0.25, 0.3) is 99.2 Å². The maximum Gasteiger partial charge on any atom is 0.344 e. The van der Waals surface area contributed by atoms with Crippen LogP contribution in [-0.4, -0.2) is 97.2 Å². The van der Waals surface area contributed by atoms with Crippen LogP contribution in [0.1, 0.15) is 62.1 Å². The molecular formula is C74H69BrClN3O17. The molecule has 1 aliphatic heterocycles. The van der Waals surface area contributed by atoms with E-state index in [4.69, 9.17) is 47.6 Å². The largest absolute Gasteiger partial charge is 0.507 e. The van der Waals surface area contributed by atoms with Crippen molar-refractivity contribution in [2.75, 3.05) is 67.2 Å². The Labute approximate surface area is 561 Å². The van der Waals surface area contributed by atoms with E-state index in [1.165, 1.54) is 37.1 Å². The van der Waals surface area contributed by atoms with E-state index in [2.05, 4.69) is 32.7 Å². The van der Waals surface area contributed by atoms with Crippen molar-refractivity contribution in [3.63, 3.8) is 0 Å². The summed E-state index contributed by atoms with van der Waals surface area (Å²) in [6.45, 7) is 8.15. The Morgan fingerprint density at radius 3 is 1.45 bits per heavy atom. The molecule has 20 nitrogen and oxygen atoms in total. The van der Waals surface area contributed by atoms with Gasteiger partial charge in [-0.2, -0.15) is 0 Å². The number of rotatable bonds is 18. The summed E-state index contributed by atoms with van der Waals surface area (Å²) in [6, 6.07) is 36.1. The Morgan fingerprint density at radius 1 is 0.490 bits per heavy atom. The third kappa shape index (κ3) is 15.4. The molecule has 96 heavy (non-hydrogen) atoms. The molecule has 0 saturated carbocycles. The highest BCUT2D eigenvalue weighted by Crippen LogP contribution is 2.38. The van der Waals surface area contributed by atoms with Gasteiger partial charge in [0.1, 0.15) is 50.7 Å². The highest BCUT2D eigenvalue weighted by atomic mass is 79.9. The van der Waals surface area contributed by atoms with Gasteiger partial charge >= 0.3 is 33.8 Å². The number of fused-ring (bicyclic) bond motifs is 6. The molecule has 7 heterocycles. The van der Waals surface area contributed by atoms with E-state index in [1.54, 1.807) is 105 Å². The zero-order valence-electron chi connectivity index (χ0n) is 53.2. The predicted octanol–water partition coefficient (Wildman–Crippen LogP) is 13.9. The Bertz CT molecular complexity index is 5230. The number of nitrogens with zero attached hydrogens (tertiary/aromatic N) is 3. The maximum absolute atomic E-state index is 12.8. The first-order chi connectivity index (χ1) is 46.4. The molecule has 3 N–H and O–H groups in total. The van der Waals surface area contributed by atoms with Crippen LogP contribution >= 0.6 is 27.5 Å². The van der Waals surface area contributed by atoms with Crippen LogP contribution in [0.4, 0.5) is 0 Å². The lowest BCUT2D eigenvalue weighted by molar-refractivity contribution is 0.110. The molecule has 0 unspecified atom stereocenters. The molecule has 496 valence electrons. The quantitative estimate of drug-likeness (QED) is 0.0674. The molecule has 1 aliphatic rings. The molecule has 0 bridgehead atoms. The van der Waals surface area contributed by atoms with Crippen molar-refractivity contribution in [3.05, 3.63) is 222 Å². The van der Waals surface area contributed by atoms with Gasteiger partial charge in [-0.1, -0.05) is 71.9 Å². The maximum atomic E-state index is 12.8. The van der Waals surface area contributed by atoms with Crippen molar-refractivity contribution in [3.8, 4) is 50.6 Å². The fourth-order valence-corrected chi connectivity index (χ4v) is 12.5. The monoisotopic (exact) mass is 1390 g/mol. The van der Waals surface area contributed by atoms with Gasteiger partial charge in [-0.05, 0) is 143 Å². The average Bonchev–Trinajstić information content (AvgIpc) is 0.774. The number of phenols is 3. The van der Waals surface area contributed by atoms with Gasteiger partial charge in [0, 0.05) is 124 Å². The number of hydrogen-bond donors (Lipinski definition) is 3. The van der Waals surface area contributed by atoms with E-state index in [0.29, 0.717) is 128 Å². The van der Waals surface area contributed by atoms with E-state index in [9.17, 15) is 44.1 Å². The summed E-state index contributed by atoms with van der Waals surface area (Å²) in [5.41, 5.74) is 2.13. The Morgan fingerprint density at radius 2 is 0.938 bits per heavy atom. The minimum absolute atomic E-state index is 0.00632. The highest BCUT2D eigenvalue weighted by Gasteiger charge is 2.24. The minimum atomic E-state index is -0.628. The first kappa shape index (κ1) is 68.0. The highest BCUT2D eigenvalue weighted by molar-refractivity contribution is 9.10. The lowest BCUT2D eigenvalue weighted by atomic mass is 9.99. The Balaban J connectivity index is 0.000000146. The summed E-state index contributed by atoms with van der Waals surface area (Å²) < 4.78 is 44.3. The number of aromatic hydroxyl groups is 3. The number of hydrogen-bond acceptors (Lipinski definition) is 20. The topological polar surface area (TPSA) is 270 Å². The lowest BCUT2D eigenvalue weighted by Crippen LogP contribution is -2.30. The minimum Gasteiger partial charge on any atom is -0.507 e. The van der Waals surface area contributed by atoms with Crippen LogP contribution in [0.2, 0.25) is 5.02 Å². The smallest absolute Gasteiger partial charge is 0.344 e. The number of methoxy groups -OCH3 is 2. The summed E-state index contributed by atoms with van der Waals surface area (Å²) in [7, 11) is 5.18. The van der Waals surface area contributed by atoms with Crippen molar-refractivity contribution >= 4 is 93.3 Å². The van der Waals surface area contributed by atoms with Crippen LogP contribution in [0.3, 0.4) is 0 Å². The van der Waals surface area contributed by atoms with Gasteiger partial charge in [0.2, 0.25) is 0 Å². The molecule has 13 rings (SSSR count). The van der Waals surface area contributed by atoms with Crippen LogP contribution in [0.5, 0.6) is 17.2 Å². The summed E-state index contributed by atoms with van der Waals surface area (Å²) in [5.74, 6) is 0.109. The van der Waals surface area contributed by atoms with Gasteiger partial charge in [0.25, 0.3) is 0 Å². The van der Waals surface area contributed by atoms with Gasteiger partial charge in [0.15, 0.2) is 0 Å². The van der Waals surface area contributed by atoms with E-state index >= 15 is 0 Å². The molecule has 6 aromatic heterocycles. The molecular weight excluding hydrogens is 1320 g/mol. The average molecular weight is 1390 g/mol. The van der Waals surface area contributed by atoms with E-state index in [0.717, 1.165) is 60.6 Å². The van der Waals surface area contributed by atoms with Crippen LogP contribution < -0.4 is 33.8 Å². The molecule has 0 aliphatic carbocycles. The molecule has 12 aromatic rings. The second kappa shape index (κ2) is 30.5. The molecule has 22 heteroatoms. The molecule has 6 aromatic carbocycles. The number of para-hydroxylation sites is 1. The van der Waals surface area contributed by atoms with Crippen molar-refractivity contribution in [2.45, 2.75) is 65.1 Å². The third-order valence-electron chi connectivity index (χ3n) is 16.9. The van der Waals surface area contributed by atoms with Crippen molar-refractivity contribution < 1.29 is 51.3 Å². The molecule has 0 radical (unpaired) electrons. The molecule has 1 fully saturated rings. The zero-order chi connectivity index (χ0) is 67.7. The Hall–Kier alpha value is -9.45. The van der Waals surface area contributed by atoms with Gasteiger partial charge in [-0.25, -0.2) is 28.8 Å². The molecule has 0 amide bonds. The predicted molar refractivity (Wildman–Crippen MR) is 374 cm³/mol. The van der Waals surface area contributed by atoms with Crippen molar-refractivity contribution in [2.24, 2.45) is 0 Å². The molecule has 1 saturated heterocycles. The van der Waals surface area contributed by atoms with Gasteiger partial charge < -0.3 is 56.2 Å². The lowest BCUT2D eigenvalue weighted by Gasteiger charge is -2.22. The van der Waals surface area contributed by atoms with Crippen molar-refractivity contribution in [1.29, 1.82) is 0 Å². The number of halogens is 2. The van der Waals surface area contributed by atoms with E-state index in [-0.39, 0.29) is 45.1 Å². The second-order valence-corrected chi connectivity index (χ2v) is 24.9. The van der Waals surface area contributed by atoms with Gasteiger partial charge in [-0.15, -0.1) is 0 Å². The number of ether oxygens (including phenoxy) is 2. The SMILES string of the molecule is CCCCN(C)Cc1c(O)ccc2c(-c3cc4cc(Br)ccc4oc3=O)cc(=O)oc12.COCCN(CCOC)Cc1c(O)ccc2c(-c3cc4ccccc4oc3=O)cc(=O)oc12.O=c1cc(-c2cc3cc(Cl)ccc3oc2=O)c2ccc(O)c(CN3CCCCCC3)c2o1. The van der Waals surface area contributed by atoms with Gasteiger partial charge in [0.05, 0.1) is 46.6 Å². The summed E-state index contributed by atoms with van der Waals surface area (Å²) in [6.07, 6.45) is 6.66. The first-order valence-corrected chi connectivity index (χ1v) is 32.5. The fourth-order valence-electron chi connectivity index (χ4n) is 12.0. The first-order valence-electron chi connectivity index (χ1n) is 31.4. The standard InChI is InChI=1S/C25H22ClNO5.C25H25NO7.C24H22BrNO5/c26-16-5-8-22-15(11-16)12-19(25(30)31-22)18-13-23(29)32-24-17(18)6-7-21(28)20(24)14-27-9-3-1-2-4-10-27;1-30-11-9-26(10-12-31-2)15-20-21(27)8-7-17-18(14-23(28)33-24(17)20)19-13-16-5-3-4-6-22(16)32-25(19)29;1-3-4-9-26(2)13-19-20(27)7-6-16-17(12-22(28)31-23(16)19)18-11-14-10-15(25)5-8-21(14)30-24(18)29/h5-8,11-13,28H,1-4,9-10,14H2;3-8,13-14,27H,9-12,15H2,1-2H3;5-8,10-12,27H,3-4,9,13H2,1-2H3. The summed E-state index contributed by atoms with van der Waals surface area (Å²) in [4.78, 5) is 82.1. The number of benzene rings is 6. The number of phenolic OH excluding ortho intramolecular Hbond substituents is 3. The van der Waals surface area contributed by atoms with Crippen LogP contribution in [0, 0.1) is 0 Å². The van der Waals surface area contributed by atoms with E-state index in [1.807, 2.05) is 30.1 Å². The Kier molecular flexibility index (Phi) is 21.6. The number of likely N-dealkylation sites (tertiary alicyclic amines) is 1. The van der Waals surface area contributed by atoms with Gasteiger partial charge in [-0.3, -0.25) is 9.80 Å². The van der Waals surface area contributed by atoms with E-state index < -0.39 is 33.8 Å². The fraction of sp³-hybridized carbons (Fsp3) is 0.270.